The summed E-state index contributed by atoms with van der Waals surface area (Å²) in [4.78, 5) is 21.9. The van der Waals surface area contributed by atoms with E-state index in [0.717, 1.165) is 18.8 Å². The van der Waals surface area contributed by atoms with Crippen LogP contribution in [0.15, 0.2) is 42.9 Å². The number of ether oxygens (including phenoxy) is 1. The van der Waals surface area contributed by atoms with E-state index in [9.17, 15) is 4.79 Å². The molecule has 1 fully saturated rings. The molecule has 1 aromatic carbocycles. The highest BCUT2D eigenvalue weighted by atomic mass is 16.5. The molecule has 1 atom stereocenters. The van der Waals surface area contributed by atoms with E-state index in [-0.39, 0.29) is 11.9 Å². The maximum Gasteiger partial charge on any atom is 0.237 e. The van der Waals surface area contributed by atoms with Gasteiger partial charge in [0.15, 0.2) is 0 Å². The molecule has 1 aliphatic heterocycles. The van der Waals surface area contributed by atoms with Crippen LogP contribution < -0.4 is 10.1 Å². The topological polar surface area (TPSA) is 67.4 Å². The van der Waals surface area contributed by atoms with Crippen LogP contribution in [-0.2, 0) is 11.3 Å². The smallest absolute Gasteiger partial charge is 0.237 e. The Hall–Kier alpha value is -2.47. The van der Waals surface area contributed by atoms with Gasteiger partial charge in [-0.3, -0.25) is 14.7 Å². The number of nitrogens with zero attached hydrogens (tertiary/aromatic N) is 3. The van der Waals surface area contributed by atoms with Gasteiger partial charge in [0.05, 0.1) is 6.20 Å². The summed E-state index contributed by atoms with van der Waals surface area (Å²) < 4.78 is 5.64. The van der Waals surface area contributed by atoms with E-state index < -0.39 is 0 Å². The van der Waals surface area contributed by atoms with E-state index in [2.05, 4.69) is 27.1 Å². The SMILES string of the molecule is CC1CC(=O)NCCN1Cc1ccc(Oc2cnccn2)cc1. The highest BCUT2D eigenvalue weighted by molar-refractivity contribution is 5.76. The molecule has 2 aromatic rings. The summed E-state index contributed by atoms with van der Waals surface area (Å²) in [5.41, 5.74) is 1.19. The van der Waals surface area contributed by atoms with E-state index in [4.69, 9.17) is 4.74 Å². The van der Waals surface area contributed by atoms with E-state index >= 15 is 0 Å². The number of carbonyl (C=O) groups excluding carboxylic acids is 1. The fourth-order valence-corrected chi connectivity index (χ4v) is 2.62. The first kappa shape index (κ1) is 15.4. The van der Waals surface area contributed by atoms with Crippen LogP contribution >= 0.6 is 0 Å². The van der Waals surface area contributed by atoms with Crippen molar-refractivity contribution in [1.29, 1.82) is 0 Å². The predicted molar refractivity (Wildman–Crippen MR) is 86.0 cm³/mol. The van der Waals surface area contributed by atoms with Crippen molar-refractivity contribution >= 4 is 5.91 Å². The number of aromatic nitrogens is 2. The van der Waals surface area contributed by atoms with E-state index in [1.165, 1.54) is 5.56 Å². The maximum absolute atomic E-state index is 11.5. The van der Waals surface area contributed by atoms with Crippen LogP contribution in [0.2, 0.25) is 0 Å². The van der Waals surface area contributed by atoms with Gasteiger partial charge in [-0.2, -0.15) is 0 Å². The number of hydrogen-bond donors (Lipinski definition) is 1. The average molecular weight is 312 g/mol. The normalized spacial score (nSPS) is 19.0. The van der Waals surface area contributed by atoms with E-state index in [0.29, 0.717) is 18.8 Å². The van der Waals surface area contributed by atoms with Crippen molar-refractivity contribution in [2.75, 3.05) is 13.1 Å². The summed E-state index contributed by atoms with van der Waals surface area (Å²) in [6.45, 7) is 4.49. The number of carbonyl (C=O) groups is 1. The van der Waals surface area contributed by atoms with Gasteiger partial charge in [-0.15, -0.1) is 0 Å². The Bertz CT molecular complexity index is 645. The summed E-state index contributed by atoms with van der Waals surface area (Å²) in [6.07, 6.45) is 5.34. The van der Waals surface area contributed by atoms with Crippen LogP contribution in [-0.4, -0.2) is 39.9 Å². The van der Waals surface area contributed by atoms with Crippen molar-refractivity contribution in [2.45, 2.75) is 25.9 Å². The first-order chi connectivity index (χ1) is 11.2. The van der Waals surface area contributed by atoms with Gasteiger partial charge in [-0.05, 0) is 24.6 Å². The van der Waals surface area contributed by atoms with Gasteiger partial charge in [0.1, 0.15) is 5.75 Å². The van der Waals surface area contributed by atoms with Crippen LogP contribution in [0, 0.1) is 0 Å². The van der Waals surface area contributed by atoms with Gasteiger partial charge in [0, 0.05) is 44.5 Å². The molecule has 0 radical (unpaired) electrons. The Balaban J connectivity index is 1.62. The molecule has 6 nitrogen and oxygen atoms in total. The zero-order valence-electron chi connectivity index (χ0n) is 13.1. The van der Waals surface area contributed by atoms with E-state index in [1.54, 1.807) is 18.6 Å². The molecular formula is C17H20N4O2. The molecule has 1 aromatic heterocycles. The summed E-state index contributed by atoms with van der Waals surface area (Å²) in [5.74, 6) is 1.34. The largest absolute Gasteiger partial charge is 0.438 e. The molecule has 3 rings (SSSR count). The van der Waals surface area contributed by atoms with Gasteiger partial charge in [-0.1, -0.05) is 12.1 Å². The van der Waals surface area contributed by atoms with E-state index in [1.807, 2.05) is 24.3 Å². The minimum Gasteiger partial charge on any atom is -0.438 e. The van der Waals surface area contributed by atoms with Crippen molar-refractivity contribution < 1.29 is 9.53 Å². The lowest BCUT2D eigenvalue weighted by molar-refractivity contribution is -0.121. The third-order valence-corrected chi connectivity index (χ3v) is 3.90. The lowest BCUT2D eigenvalue weighted by Gasteiger charge is -2.25. The van der Waals surface area contributed by atoms with Gasteiger partial charge >= 0.3 is 0 Å². The van der Waals surface area contributed by atoms with Gasteiger partial charge in [0.25, 0.3) is 0 Å². The molecular weight excluding hydrogens is 292 g/mol. The van der Waals surface area contributed by atoms with Crippen molar-refractivity contribution in [3.8, 4) is 11.6 Å². The molecule has 1 saturated heterocycles. The zero-order chi connectivity index (χ0) is 16.1. The molecule has 23 heavy (non-hydrogen) atoms. The lowest BCUT2D eigenvalue weighted by Crippen LogP contribution is -2.33. The molecule has 0 spiro atoms. The Morgan fingerprint density at radius 1 is 1.30 bits per heavy atom. The highest BCUT2D eigenvalue weighted by Gasteiger charge is 2.20. The number of nitrogens with one attached hydrogen (secondary N) is 1. The third-order valence-electron chi connectivity index (χ3n) is 3.90. The lowest BCUT2D eigenvalue weighted by atomic mass is 10.1. The summed E-state index contributed by atoms with van der Waals surface area (Å²) >= 11 is 0. The number of amides is 1. The Kier molecular flexibility index (Phi) is 4.83. The van der Waals surface area contributed by atoms with Crippen LogP contribution in [0.1, 0.15) is 18.9 Å². The molecule has 120 valence electrons. The van der Waals surface area contributed by atoms with Crippen molar-refractivity contribution in [3.05, 3.63) is 48.4 Å². The molecule has 0 aliphatic carbocycles. The number of hydrogen-bond acceptors (Lipinski definition) is 5. The van der Waals surface area contributed by atoms with Crippen molar-refractivity contribution in [3.63, 3.8) is 0 Å². The minimum atomic E-state index is 0.132. The molecule has 1 amide bonds. The quantitative estimate of drug-likeness (QED) is 0.935. The van der Waals surface area contributed by atoms with Crippen LogP contribution in [0.25, 0.3) is 0 Å². The van der Waals surface area contributed by atoms with Crippen molar-refractivity contribution in [2.24, 2.45) is 0 Å². The second-order valence-electron chi connectivity index (χ2n) is 5.66. The Morgan fingerprint density at radius 3 is 2.87 bits per heavy atom. The first-order valence-corrected chi connectivity index (χ1v) is 7.74. The summed E-state index contributed by atoms with van der Waals surface area (Å²) in [6, 6.07) is 8.18. The molecule has 0 bridgehead atoms. The fourth-order valence-electron chi connectivity index (χ4n) is 2.62. The molecule has 2 heterocycles. The minimum absolute atomic E-state index is 0.132. The summed E-state index contributed by atoms with van der Waals surface area (Å²) in [5, 5.41) is 2.91. The second kappa shape index (κ2) is 7.19. The Morgan fingerprint density at radius 2 is 2.13 bits per heavy atom. The molecule has 6 heteroatoms. The number of benzene rings is 1. The van der Waals surface area contributed by atoms with Gasteiger partial charge in [0.2, 0.25) is 11.8 Å². The van der Waals surface area contributed by atoms with Crippen molar-refractivity contribution in [1.82, 2.24) is 20.2 Å². The first-order valence-electron chi connectivity index (χ1n) is 7.74. The highest BCUT2D eigenvalue weighted by Crippen LogP contribution is 2.20. The Labute approximate surface area is 135 Å². The molecule has 1 N–H and O–H groups in total. The third kappa shape index (κ3) is 4.26. The fraction of sp³-hybridized carbons (Fsp3) is 0.353. The summed E-state index contributed by atoms with van der Waals surface area (Å²) in [7, 11) is 0. The molecule has 0 saturated carbocycles. The zero-order valence-corrected chi connectivity index (χ0v) is 13.1. The van der Waals surface area contributed by atoms with Crippen LogP contribution in [0.5, 0.6) is 11.6 Å². The van der Waals surface area contributed by atoms with Gasteiger partial charge in [-0.25, -0.2) is 4.98 Å². The maximum atomic E-state index is 11.5. The average Bonchev–Trinajstić information content (AvgIpc) is 2.71. The second-order valence-corrected chi connectivity index (χ2v) is 5.66. The predicted octanol–water partition coefficient (Wildman–Crippen LogP) is 1.98. The van der Waals surface area contributed by atoms with Crippen LogP contribution in [0.3, 0.4) is 0 Å². The number of rotatable bonds is 4. The monoisotopic (exact) mass is 312 g/mol. The molecule has 1 aliphatic rings. The standard InChI is InChI=1S/C17H20N4O2/c1-13-10-16(22)19-8-9-21(13)12-14-2-4-15(5-3-14)23-17-11-18-6-7-20-17/h2-7,11,13H,8-10,12H2,1H3,(H,19,22). The van der Waals surface area contributed by atoms with Crippen LogP contribution in [0.4, 0.5) is 0 Å². The van der Waals surface area contributed by atoms with Gasteiger partial charge < -0.3 is 10.1 Å². The molecule has 1 unspecified atom stereocenters.